The van der Waals surface area contributed by atoms with E-state index in [-0.39, 0.29) is 67.3 Å². The predicted octanol–water partition coefficient (Wildman–Crippen LogP) is 4.00. The first-order valence-electron chi connectivity index (χ1n) is 13.9. The van der Waals surface area contributed by atoms with Crippen molar-refractivity contribution in [3.8, 4) is 11.1 Å². The van der Waals surface area contributed by atoms with E-state index >= 15 is 0 Å². The van der Waals surface area contributed by atoms with Gasteiger partial charge in [0.2, 0.25) is 0 Å². The van der Waals surface area contributed by atoms with Gasteiger partial charge in [-0.3, -0.25) is 0 Å². The van der Waals surface area contributed by atoms with Crippen molar-refractivity contribution in [3.63, 3.8) is 0 Å². The zero-order valence-electron chi connectivity index (χ0n) is 24.9. The third-order valence-electron chi connectivity index (χ3n) is 8.49. The molecule has 1 unspecified atom stereocenters. The average Bonchev–Trinajstić information content (AvgIpc) is 3.52. The molecule has 0 N–H and O–H groups in total. The van der Waals surface area contributed by atoms with E-state index in [2.05, 4.69) is 133 Å². The van der Waals surface area contributed by atoms with Gasteiger partial charge in [-0.05, 0) is 81.0 Å². The summed E-state index contributed by atoms with van der Waals surface area (Å²) < 4.78 is 0. The maximum Gasteiger partial charge on any atom is 2.00 e. The van der Waals surface area contributed by atoms with Crippen LogP contribution in [0.15, 0.2) is 97.1 Å². The van der Waals surface area contributed by atoms with Crippen LogP contribution in [-0.4, -0.2) is 0 Å². The minimum Gasteiger partial charge on any atom is -1.00 e. The second kappa shape index (κ2) is 13.1. The molecule has 0 aliphatic heterocycles. The van der Waals surface area contributed by atoms with Crippen LogP contribution in [0, 0.1) is 0 Å². The predicted molar refractivity (Wildman–Crippen MR) is 161 cm³/mol. The van der Waals surface area contributed by atoms with E-state index in [1.807, 2.05) is 0 Å². The van der Waals surface area contributed by atoms with Crippen molar-refractivity contribution in [3.05, 3.63) is 131 Å². The molecule has 2 aliphatic carbocycles. The first-order chi connectivity index (χ1) is 17.6. The Kier molecular flexibility index (Phi) is 11.3. The van der Waals surface area contributed by atoms with Crippen LogP contribution in [0.3, 0.4) is 0 Å². The maximum absolute atomic E-state index is 4.15. The second-order valence-electron chi connectivity index (χ2n) is 13.0. The van der Waals surface area contributed by atoms with E-state index in [1.165, 1.54) is 50.1 Å². The fourth-order valence-electron chi connectivity index (χ4n) is 6.58. The van der Waals surface area contributed by atoms with Gasteiger partial charge in [0.1, 0.15) is 0 Å². The Labute approximate surface area is 274 Å². The van der Waals surface area contributed by atoms with Crippen molar-refractivity contribution in [1.82, 2.24) is 0 Å². The smallest absolute Gasteiger partial charge is 1.00 e. The number of hydrogen-bond donors (Lipinski definition) is 0. The van der Waals surface area contributed by atoms with Crippen LogP contribution >= 0.6 is 0 Å². The van der Waals surface area contributed by atoms with Crippen molar-refractivity contribution in [2.45, 2.75) is 83.5 Å². The Hall–Kier alpha value is -1.66. The number of halogens is 2. The van der Waals surface area contributed by atoms with Crippen molar-refractivity contribution >= 4 is 0 Å². The molecule has 5 rings (SSSR count). The molecule has 40 heavy (non-hydrogen) atoms. The molecule has 0 bridgehead atoms. The van der Waals surface area contributed by atoms with Crippen molar-refractivity contribution < 1.29 is 51.0 Å². The van der Waals surface area contributed by atoms with Gasteiger partial charge in [0.05, 0.1) is 0 Å². The summed E-state index contributed by atoms with van der Waals surface area (Å²) in [5.41, 5.74) is 13.1. The fraction of sp³-hybridized carbons (Fsp3) is 0.351. The van der Waals surface area contributed by atoms with Gasteiger partial charge in [0.25, 0.3) is 0 Å². The second-order valence-corrected chi connectivity index (χ2v) is 13.0. The van der Waals surface area contributed by atoms with Crippen LogP contribution < -0.4 is 24.8 Å². The zero-order chi connectivity index (χ0) is 26.4. The molecule has 3 aromatic rings. The first kappa shape index (κ1) is 34.5. The molecular weight excluding hydrogens is 607 g/mol. The first-order valence-corrected chi connectivity index (χ1v) is 13.9. The molecule has 0 radical (unpaired) electrons. The summed E-state index contributed by atoms with van der Waals surface area (Å²) in [5, 5.41) is 0. The Balaban J connectivity index is 0.00000187. The van der Waals surface area contributed by atoms with Crippen molar-refractivity contribution in [2.75, 3.05) is 0 Å². The van der Waals surface area contributed by atoms with Crippen LogP contribution in [-0.2, 0) is 48.9 Å². The summed E-state index contributed by atoms with van der Waals surface area (Å²) >= 11 is 0. The van der Waals surface area contributed by atoms with Crippen LogP contribution in [0.1, 0.15) is 94.2 Å². The normalized spacial score (nSPS) is 15.0. The molecule has 0 heterocycles. The van der Waals surface area contributed by atoms with E-state index in [4.69, 9.17) is 0 Å². The van der Waals surface area contributed by atoms with Gasteiger partial charge in [-0.15, -0.1) is 6.58 Å². The average molecular weight is 649 g/mol. The molecule has 1 atom stereocenters. The SMILES string of the molecule is C=CCCC(C1=CC=CC1)(c1ccccc1)c1c(C(C)(C)C)ccc2c1Cc1cc(C(C)(C)C)ccc1-2.[Cl-].[Cl-].[Zr+2]. The number of rotatable bonds is 6. The minimum atomic E-state index is -0.193. The molecular formula is C37H42Cl2Zr. The van der Waals surface area contributed by atoms with Crippen LogP contribution in [0.2, 0.25) is 0 Å². The van der Waals surface area contributed by atoms with Crippen LogP contribution in [0.5, 0.6) is 0 Å². The summed E-state index contributed by atoms with van der Waals surface area (Å²) in [7, 11) is 0. The third-order valence-corrected chi connectivity index (χ3v) is 8.49. The standard InChI is InChI=1S/C37H42.2ClH.Zr/c1-8-9-23-37(28-17-13-14-18-28,27-15-11-10-12-16-27)34-32-25-26-24-29(35(2,3)4)19-20-30(26)31(32)21-22-33(34)36(5,6)7;;;/h8,10-17,19-22,24H,1,9,18,23,25H2,2-7H3;2*1H;/q;;;+2/p-2. The summed E-state index contributed by atoms with van der Waals surface area (Å²) in [4.78, 5) is 0. The molecule has 0 saturated carbocycles. The summed E-state index contributed by atoms with van der Waals surface area (Å²) in [5.74, 6) is 0. The van der Waals surface area contributed by atoms with Crippen molar-refractivity contribution in [1.29, 1.82) is 0 Å². The Morgan fingerprint density at radius 1 is 0.800 bits per heavy atom. The van der Waals surface area contributed by atoms with Crippen LogP contribution in [0.25, 0.3) is 11.1 Å². The molecule has 0 saturated heterocycles. The number of benzene rings is 3. The fourth-order valence-corrected chi connectivity index (χ4v) is 6.58. The van der Waals surface area contributed by atoms with Gasteiger partial charge in [-0.2, -0.15) is 0 Å². The molecule has 0 nitrogen and oxygen atoms in total. The van der Waals surface area contributed by atoms with E-state index < -0.39 is 0 Å². The molecule has 0 spiro atoms. The van der Waals surface area contributed by atoms with E-state index in [0.717, 1.165) is 25.7 Å². The number of fused-ring (bicyclic) bond motifs is 3. The monoisotopic (exact) mass is 646 g/mol. The van der Waals surface area contributed by atoms with Crippen LogP contribution in [0.4, 0.5) is 0 Å². The Morgan fingerprint density at radius 2 is 1.48 bits per heavy atom. The summed E-state index contributed by atoms with van der Waals surface area (Å²) in [6.45, 7) is 18.2. The minimum absolute atomic E-state index is 0. The third kappa shape index (κ3) is 6.09. The zero-order valence-corrected chi connectivity index (χ0v) is 28.8. The number of allylic oxidation sites excluding steroid dienone is 5. The van der Waals surface area contributed by atoms with E-state index in [9.17, 15) is 0 Å². The molecule has 208 valence electrons. The summed E-state index contributed by atoms with van der Waals surface area (Å²) in [6, 6.07) is 23.3. The molecule has 0 fully saturated rings. The van der Waals surface area contributed by atoms with Gasteiger partial charge >= 0.3 is 26.2 Å². The molecule has 3 heteroatoms. The van der Waals surface area contributed by atoms with Gasteiger partial charge < -0.3 is 24.8 Å². The molecule has 0 amide bonds. The molecule has 3 aromatic carbocycles. The van der Waals surface area contributed by atoms with Crippen molar-refractivity contribution in [2.24, 2.45) is 0 Å². The van der Waals surface area contributed by atoms with E-state index in [1.54, 1.807) is 0 Å². The Bertz CT molecular complexity index is 1400. The maximum atomic E-state index is 4.15. The van der Waals surface area contributed by atoms with Gasteiger partial charge in [-0.25, -0.2) is 0 Å². The van der Waals surface area contributed by atoms with E-state index in [0.29, 0.717) is 0 Å². The summed E-state index contributed by atoms with van der Waals surface area (Å²) in [6.07, 6.45) is 13.1. The quantitative estimate of drug-likeness (QED) is 0.278. The van der Waals surface area contributed by atoms with Gasteiger partial charge in [-0.1, -0.05) is 132 Å². The number of hydrogen-bond acceptors (Lipinski definition) is 0. The van der Waals surface area contributed by atoms with Gasteiger partial charge in [0.15, 0.2) is 0 Å². The van der Waals surface area contributed by atoms with Gasteiger partial charge in [0, 0.05) is 5.41 Å². The Morgan fingerprint density at radius 3 is 2.05 bits per heavy atom. The largest absolute Gasteiger partial charge is 2.00 e. The molecule has 0 aromatic heterocycles. The molecule has 2 aliphatic rings. The topological polar surface area (TPSA) is 0 Å².